The van der Waals surface area contributed by atoms with E-state index in [2.05, 4.69) is 4.40 Å². The van der Waals surface area contributed by atoms with Gasteiger partial charge in [0.05, 0.1) is 5.69 Å². The summed E-state index contributed by atoms with van der Waals surface area (Å²) in [6.07, 6.45) is 3.91. The van der Waals surface area contributed by atoms with Crippen molar-refractivity contribution in [2.45, 2.75) is 24.6 Å². The van der Waals surface area contributed by atoms with Gasteiger partial charge in [-0.3, -0.25) is 0 Å². The van der Waals surface area contributed by atoms with Crippen LogP contribution in [0.2, 0.25) is 0 Å². The number of rotatable bonds is 5. The molecule has 0 aliphatic rings. The summed E-state index contributed by atoms with van der Waals surface area (Å²) in [4.78, 5) is 0.436. The molecule has 0 N–H and O–H groups in total. The largest absolute Gasteiger partial charge is 0.461 e. The molecule has 0 unspecified atom stereocenters. The SMILES string of the molecule is C/C=C/Cn1c(-c2c(C)oc3ccccc23)cs/c1=N/S(=O)(=O)c1cccs1. The summed E-state index contributed by atoms with van der Waals surface area (Å²) < 4.78 is 37.5. The van der Waals surface area contributed by atoms with E-state index in [9.17, 15) is 8.42 Å². The van der Waals surface area contributed by atoms with Crippen molar-refractivity contribution in [2.24, 2.45) is 4.40 Å². The Morgan fingerprint density at radius 1 is 1.18 bits per heavy atom. The number of thiophene rings is 1. The second-order valence-electron chi connectivity index (χ2n) is 6.11. The molecule has 3 heterocycles. The van der Waals surface area contributed by atoms with Crippen molar-refractivity contribution in [2.75, 3.05) is 0 Å². The van der Waals surface area contributed by atoms with E-state index in [0.29, 0.717) is 11.3 Å². The highest BCUT2D eigenvalue weighted by Crippen LogP contribution is 2.34. The van der Waals surface area contributed by atoms with Gasteiger partial charge in [-0.1, -0.05) is 36.4 Å². The summed E-state index contributed by atoms with van der Waals surface area (Å²) in [5.74, 6) is 0.792. The Hall–Kier alpha value is -2.42. The molecule has 3 aromatic heterocycles. The first-order valence-corrected chi connectivity index (χ1v) is 11.8. The molecular formula is C20H18N2O3S3. The third kappa shape index (κ3) is 3.39. The zero-order chi connectivity index (χ0) is 19.7. The Bertz CT molecular complexity index is 1320. The van der Waals surface area contributed by atoms with Crippen LogP contribution in [0.1, 0.15) is 12.7 Å². The van der Waals surface area contributed by atoms with Gasteiger partial charge in [-0.05, 0) is 31.4 Å². The number of hydrogen-bond acceptors (Lipinski definition) is 5. The molecule has 4 rings (SSSR count). The van der Waals surface area contributed by atoms with Crippen LogP contribution in [0.5, 0.6) is 0 Å². The molecule has 0 atom stereocenters. The molecule has 4 aromatic rings. The lowest BCUT2D eigenvalue weighted by atomic mass is 10.1. The average Bonchev–Trinajstić information content (AvgIpc) is 3.38. The molecule has 0 amide bonds. The molecule has 0 saturated heterocycles. The summed E-state index contributed by atoms with van der Waals surface area (Å²) in [5.41, 5.74) is 2.67. The topological polar surface area (TPSA) is 64.6 Å². The lowest BCUT2D eigenvalue weighted by Gasteiger charge is -2.06. The van der Waals surface area contributed by atoms with Crippen molar-refractivity contribution < 1.29 is 12.8 Å². The van der Waals surface area contributed by atoms with Crippen LogP contribution in [0.4, 0.5) is 0 Å². The predicted octanol–water partition coefficient (Wildman–Crippen LogP) is 5.20. The van der Waals surface area contributed by atoms with E-state index in [1.54, 1.807) is 17.5 Å². The third-order valence-corrected chi connectivity index (χ3v) is 7.92. The van der Waals surface area contributed by atoms with Gasteiger partial charge in [-0.25, -0.2) is 0 Å². The van der Waals surface area contributed by atoms with Gasteiger partial charge in [0, 0.05) is 22.9 Å². The molecule has 144 valence electrons. The highest BCUT2D eigenvalue weighted by atomic mass is 32.2. The smallest absolute Gasteiger partial charge is 0.294 e. The highest BCUT2D eigenvalue weighted by Gasteiger charge is 2.19. The Labute approximate surface area is 171 Å². The minimum atomic E-state index is -3.74. The van der Waals surface area contributed by atoms with Gasteiger partial charge < -0.3 is 8.98 Å². The van der Waals surface area contributed by atoms with Crippen molar-refractivity contribution in [1.82, 2.24) is 4.57 Å². The lowest BCUT2D eigenvalue weighted by molar-refractivity contribution is 0.579. The van der Waals surface area contributed by atoms with E-state index < -0.39 is 10.0 Å². The molecule has 28 heavy (non-hydrogen) atoms. The number of allylic oxidation sites excluding steroid dienone is 2. The normalized spacial score (nSPS) is 13.1. The molecule has 0 radical (unpaired) electrons. The molecule has 0 bridgehead atoms. The molecule has 1 aromatic carbocycles. The maximum absolute atomic E-state index is 12.7. The van der Waals surface area contributed by atoms with Gasteiger partial charge in [0.2, 0.25) is 4.80 Å². The van der Waals surface area contributed by atoms with E-state index >= 15 is 0 Å². The van der Waals surface area contributed by atoms with E-state index in [1.165, 1.54) is 22.7 Å². The van der Waals surface area contributed by atoms with Gasteiger partial charge in [0.25, 0.3) is 10.0 Å². The summed E-state index contributed by atoms with van der Waals surface area (Å²) in [7, 11) is -3.74. The lowest BCUT2D eigenvalue weighted by Crippen LogP contribution is -2.17. The van der Waals surface area contributed by atoms with Crippen molar-refractivity contribution in [3.05, 3.63) is 69.9 Å². The molecule has 0 saturated carbocycles. The van der Waals surface area contributed by atoms with Crippen LogP contribution in [0, 0.1) is 6.92 Å². The number of aryl methyl sites for hydroxylation is 1. The van der Waals surface area contributed by atoms with Crippen LogP contribution in [0.3, 0.4) is 0 Å². The van der Waals surface area contributed by atoms with Crippen molar-refractivity contribution in [3.63, 3.8) is 0 Å². The van der Waals surface area contributed by atoms with Crippen LogP contribution in [-0.4, -0.2) is 13.0 Å². The van der Waals surface area contributed by atoms with Gasteiger partial charge in [-0.2, -0.15) is 8.42 Å². The number of furan rings is 1. The molecular weight excluding hydrogens is 412 g/mol. The Kier molecular flexibility index (Phi) is 5.09. The van der Waals surface area contributed by atoms with Gasteiger partial charge in [0.1, 0.15) is 15.6 Å². The number of aromatic nitrogens is 1. The van der Waals surface area contributed by atoms with E-state index in [4.69, 9.17) is 4.42 Å². The molecule has 0 spiro atoms. The van der Waals surface area contributed by atoms with E-state index in [0.717, 1.165) is 28.0 Å². The zero-order valence-electron chi connectivity index (χ0n) is 15.3. The van der Waals surface area contributed by atoms with Crippen LogP contribution in [0.25, 0.3) is 22.2 Å². The Morgan fingerprint density at radius 2 is 2.00 bits per heavy atom. The summed E-state index contributed by atoms with van der Waals surface area (Å²) in [6, 6.07) is 11.1. The van der Waals surface area contributed by atoms with Gasteiger partial charge in [-0.15, -0.1) is 27.1 Å². The molecule has 0 aliphatic heterocycles. The van der Waals surface area contributed by atoms with E-state index in [-0.39, 0.29) is 4.21 Å². The number of hydrogen-bond donors (Lipinski definition) is 0. The minimum absolute atomic E-state index is 0.241. The van der Waals surface area contributed by atoms with Crippen LogP contribution in [-0.2, 0) is 16.6 Å². The molecule has 0 fully saturated rings. The standard InChI is InChI=1S/C20H18N2O3S3/c1-3-4-11-22-16(19-14(2)25-17-9-6-5-8-15(17)19)13-27-20(22)21-28(23,24)18-10-7-12-26-18/h3-10,12-13H,11H2,1-2H3/b4-3+,21-20+. The quantitative estimate of drug-likeness (QED) is 0.409. The summed E-state index contributed by atoms with van der Waals surface area (Å²) in [6.45, 7) is 4.38. The Morgan fingerprint density at radius 3 is 2.75 bits per heavy atom. The Balaban J connectivity index is 1.95. The maximum Gasteiger partial charge on any atom is 0.294 e. The molecule has 0 aliphatic carbocycles. The monoisotopic (exact) mass is 430 g/mol. The van der Waals surface area contributed by atoms with Gasteiger partial charge in [0.15, 0.2) is 0 Å². The first kappa shape index (κ1) is 18.9. The fourth-order valence-electron chi connectivity index (χ4n) is 3.03. The summed E-state index contributed by atoms with van der Waals surface area (Å²) in [5, 5.41) is 4.67. The fraction of sp³-hybridized carbons (Fsp3) is 0.150. The maximum atomic E-state index is 12.7. The number of thiazole rings is 1. The fourth-order valence-corrected chi connectivity index (χ4v) is 6.12. The summed E-state index contributed by atoms with van der Waals surface area (Å²) >= 11 is 2.48. The van der Waals surface area contributed by atoms with E-state index in [1.807, 2.05) is 60.2 Å². The third-order valence-electron chi connectivity index (χ3n) is 4.30. The number of fused-ring (bicyclic) bond motifs is 1. The predicted molar refractivity (Wildman–Crippen MR) is 114 cm³/mol. The van der Waals surface area contributed by atoms with Crippen molar-refractivity contribution >= 4 is 43.7 Å². The first-order chi connectivity index (χ1) is 13.5. The van der Waals surface area contributed by atoms with Crippen molar-refractivity contribution in [1.29, 1.82) is 0 Å². The number of para-hydroxylation sites is 1. The first-order valence-electron chi connectivity index (χ1n) is 8.64. The molecule has 5 nitrogen and oxygen atoms in total. The zero-order valence-corrected chi connectivity index (χ0v) is 17.8. The number of benzene rings is 1. The van der Waals surface area contributed by atoms with Crippen LogP contribution < -0.4 is 4.80 Å². The second kappa shape index (κ2) is 7.54. The highest BCUT2D eigenvalue weighted by molar-refractivity contribution is 7.92. The second-order valence-corrected chi connectivity index (χ2v) is 9.73. The van der Waals surface area contributed by atoms with Crippen LogP contribution in [0.15, 0.2) is 72.3 Å². The molecule has 8 heteroatoms. The minimum Gasteiger partial charge on any atom is -0.461 e. The van der Waals surface area contributed by atoms with Crippen LogP contribution >= 0.6 is 22.7 Å². The van der Waals surface area contributed by atoms with Gasteiger partial charge >= 0.3 is 0 Å². The number of nitrogens with zero attached hydrogens (tertiary/aromatic N) is 2. The average molecular weight is 431 g/mol. The number of sulfonamides is 1. The van der Waals surface area contributed by atoms with Crippen molar-refractivity contribution in [3.8, 4) is 11.3 Å².